The van der Waals surface area contributed by atoms with Crippen molar-refractivity contribution in [1.29, 1.82) is 0 Å². The first-order chi connectivity index (χ1) is 14.9. The first-order valence-corrected chi connectivity index (χ1v) is 14.4. The lowest BCUT2D eigenvalue weighted by Gasteiger charge is -2.28. The molecule has 8 heteroatoms. The predicted octanol–water partition coefficient (Wildman–Crippen LogP) is 7.69. The van der Waals surface area contributed by atoms with Gasteiger partial charge in [0.15, 0.2) is 0 Å². The summed E-state index contributed by atoms with van der Waals surface area (Å²) >= 11 is 0. The van der Waals surface area contributed by atoms with Crippen molar-refractivity contribution in [3.63, 3.8) is 0 Å². The molecule has 0 unspecified atom stereocenters. The van der Waals surface area contributed by atoms with Crippen molar-refractivity contribution in [2.24, 2.45) is 0 Å². The highest BCUT2D eigenvalue weighted by molar-refractivity contribution is 6.60. The Hall–Kier alpha value is -0.153. The maximum absolute atomic E-state index is 11.9. The normalized spacial score (nSPS) is 12.6. The van der Waals surface area contributed by atoms with Crippen molar-refractivity contribution >= 4 is 8.80 Å². The van der Waals surface area contributed by atoms with Crippen molar-refractivity contribution in [3.8, 4) is 0 Å². The van der Waals surface area contributed by atoms with Crippen LogP contribution in [0.25, 0.3) is 0 Å². The van der Waals surface area contributed by atoms with E-state index in [0.29, 0.717) is 19.8 Å². The van der Waals surface area contributed by atoms with Crippen molar-refractivity contribution in [2.45, 2.75) is 116 Å². The molecular formula is C23H47F3O4Si. The molecule has 0 fully saturated rings. The molecule has 0 aromatic carbocycles. The van der Waals surface area contributed by atoms with Crippen LogP contribution in [-0.4, -0.2) is 48.0 Å². The Kier molecular flexibility index (Phi) is 20.4. The third-order valence-corrected chi connectivity index (χ3v) is 8.28. The zero-order chi connectivity index (χ0) is 23.3. The predicted molar refractivity (Wildman–Crippen MR) is 122 cm³/mol. The van der Waals surface area contributed by atoms with Crippen molar-refractivity contribution in [2.75, 3.05) is 33.0 Å². The molecule has 31 heavy (non-hydrogen) atoms. The number of unbranched alkanes of at least 4 members (excludes halogenated alkanes) is 12. The average molecular weight is 473 g/mol. The third kappa shape index (κ3) is 20.2. The summed E-state index contributed by atoms with van der Waals surface area (Å²) in [7, 11) is -2.46. The van der Waals surface area contributed by atoms with Crippen LogP contribution < -0.4 is 0 Å². The topological polar surface area (TPSA) is 36.9 Å². The third-order valence-electron chi connectivity index (χ3n) is 5.13. The van der Waals surface area contributed by atoms with E-state index in [4.69, 9.17) is 13.3 Å². The fourth-order valence-electron chi connectivity index (χ4n) is 3.68. The lowest BCUT2D eigenvalue weighted by Crippen LogP contribution is -2.45. The Morgan fingerprint density at radius 3 is 1.26 bits per heavy atom. The first kappa shape index (κ1) is 30.8. The van der Waals surface area contributed by atoms with Crippen LogP contribution in [0.5, 0.6) is 0 Å². The van der Waals surface area contributed by atoms with Gasteiger partial charge in [-0.25, -0.2) is 0 Å². The molecule has 0 aromatic rings. The molecule has 0 aromatic heterocycles. The molecule has 0 amide bonds. The van der Waals surface area contributed by atoms with Gasteiger partial charge >= 0.3 is 15.0 Å². The van der Waals surface area contributed by atoms with Crippen LogP contribution in [-0.2, 0) is 18.0 Å². The largest absolute Gasteiger partial charge is 0.500 e. The van der Waals surface area contributed by atoms with Crippen LogP contribution in [0.3, 0.4) is 0 Å². The minimum Gasteiger partial charge on any atom is -0.374 e. The quantitative estimate of drug-likeness (QED) is 0.113. The van der Waals surface area contributed by atoms with E-state index in [1.165, 1.54) is 57.8 Å². The van der Waals surface area contributed by atoms with Gasteiger partial charge in [-0.15, -0.1) is 0 Å². The van der Waals surface area contributed by atoms with Gasteiger partial charge in [0.05, 0.1) is 0 Å². The smallest absolute Gasteiger partial charge is 0.374 e. The minimum absolute atomic E-state index is 0.214. The molecule has 0 rings (SSSR count). The van der Waals surface area contributed by atoms with E-state index in [9.17, 15) is 13.2 Å². The van der Waals surface area contributed by atoms with Gasteiger partial charge in [0.2, 0.25) is 0 Å². The molecule has 0 aliphatic carbocycles. The Labute approximate surface area is 189 Å². The monoisotopic (exact) mass is 472 g/mol. The van der Waals surface area contributed by atoms with Gasteiger partial charge in [-0.1, -0.05) is 70.6 Å². The fraction of sp³-hybridized carbons (Fsp3) is 1.00. The Morgan fingerprint density at radius 1 is 0.548 bits per heavy atom. The highest BCUT2D eigenvalue weighted by Gasteiger charge is 2.39. The molecule has 4 nitrogen and oxygen atoms in total. The Morgan fingerprint density at radius 2 is 0.903 bits per heavy atom. The van der Waals surface area contributed by atoms with E-state index in [2.05, 4.69) is 4.74 Å². The Bertz CT molecular complexity index is 367. The van der Waals surface area contributed by atoms with Crippen LogP contribution in [0.4, 0.5) is 13.2 Å². The van der Waals surface area contributed by atoms with E-state index in [0.717, 1.165) is 31.7 Å². The van der Waals surface area contributed by atoms with Crippen LogP contribution in [0.15, 0.2) is 0 Å². The number of ether oxygens (including phenoxy) is 1. The van der Waals surface area contributed by atoms with Gasteiger partial charge in [0.25, 0.3) is 0 Å². The molecule has 0 saturated carbocycles. The molecule has 0 atom stereocenters. The van der Waals surface area contributed by atoms with E-state index in [1.807, 2.05) is 20.8 Å². The van der Waals surface area contributed by atoms with E-state index >= 15 is 0 Å². The van der Waals surface area contributed by atoms with Crippen molar-refractivity contribution in [3.05, 3.63) is 0 Å². The van der Waals surface area contributed by atoms with Gasteiger partial charge in [-0.3, -0.25) is 0 Å². The maximum atomic E-state index is 11.9. The van der Waals surface area contributed by atoms with Crippen LogP contribution in [0.1, 0.15) is 104 Å². The molecule has 0 spiro atoms. The molecule has 0 heterocycles. The van der Waals surface area contributed by atoms with Gasteiger partial charge in [-0.05, 0) is 33.6 Å². The summed E-state index contributed by atoms with van der Waals surface area (Å²) in [6.07, 6.45) is 10.9. The maximum Gasteiger partial charge on any atom is 0.500 e. The number of hydrogen-bond acceptors (Lipinski definition) is 4. The zero-order valence-electron chi connectivity index (χ0n) is 20.2. The van der Waals surface area contributed by atoms with Crippen LogP contribution in [0.2, 0.25) is 6.04 Å². The lowest BCUT2D eigenvalue weighted by molar-refractivity contribution is -0.174. The molecule has 0 bridgehead atoms. The van der Waals surface area contributed by atoms with Crippen LogP contribution in [0, 0.1) is 0 Å². The van der Waals surface area contributed by atoms with Crippen LogP contribution >= 0.6 is 0 Å². The highest BCUT2D eigenvalue weighted by Crippen LogP contribution is 2.21. The molecule has 0 radical (unpaired) electrons. The summed E-state index contributed by atoms with van der Waals surface area (Å²) < 4.78 is 58.1. The summed E-state index contributed by atoms with van der Waals surface area (Å²) in [6, 6.07) is 0.914. The number of rotatable bonds is 23. The average Bonchev–Trinajstić information content (AvgIpc) is 2.70. The van der Waals surface area contributed by atoms with Gasteiger partial charge in [0.1, 0.15) is 6.61 Å². The SMILES string of the molecule is CCO[Si](CCCCCCCCCCCCCCCOCC(F)(F)F)(OCC)OCC. The second kappa shape index (κ2) is 20.5. The zero-order valence-corrected chi connectivity index (χ0v) is 21.2. The Balaban J connectivity index is 3.44. The molecule has 0 N–H and O–H groups in total. The number of halogens is 3. The fourth-order valence-corrected chi connectivity index (χ4v) is 6.36. The van der Waals surface area contributed by atoms with Crippen molar-refractivity contribution in [1.82, 2.24) is 0 Å². The number of hydrogen-bond donors (Lipinski definition) is 0. The second-order valence-corrected chi connectivity index (χ2v) is 10.7. The highest BCUT2D eigenvalue weighted by atomic mass is 28.4. The second-order valence-electron chi connectivity index (χ2n) is 8.00. The first-order valence-electron chi connectivity index (χ1n) is 12.5. The van der Waals surface area contributed by atoms with Gasteiger partial charge in [-0.2, -0.15) is 13.2 Å². The molecule has 0 aliphatic heterocycles. The molecular weight excluding hydrogens is 425 g/mol. The summed E-state index contributed by atoms with van der Waals surface area (Å²) in [5, 5.41) is 0. The standard InChI is InChI=1S/C23H47F3O4Si/c1-4-28-31(29-5-2,30-6-3)21-19-17-15-13-11-9-7-8-10-12-14-16-18-20-27-22-23(24,25)26/h4-22H2,1-3H3. The number of alkyl halides is 3. The molecule has 0 aliphatic rings. The van der Waals surface area contributed by atoms with Crippen molar-refractivity contribution < 1.29 is 31.2 Å². The van der Waals surface area contributed by atoms with E-state index in [-0.39, 0.29) is 6.61 Å². The summed E-state index contributed by atoms with van der Waals surface area (Å²) in [5.41, 5.74) is 0. The van der Waals surface area contributed by atoms with E-state index < -0.39 is 21.6 Å². The molecule has 188 valence electrons. The lowest BCUT2D eigenvalue weighted by atomic mass is 10.0. The van der Waals surface area contributed by atoms with Gasteiger partial charge < -0.3 is 18.0 Å². The van der Waals surface area contributed by atoms with E-state index in [1.54, 1.807) is 0 Å². The summed E-state index contributed by atoms with van der Waals surface area (Å²) in [6.45, 7) is 7.01. The molecule has 0 saturated heterocycles. The minimum atomic E-state index is -4.20. The summed E-state index contributed by atoms with van der Waals surface area (Å²) in [5.74, 6) is 0. The summed E-state index contributed by atoms with van der Waals surface area (Å²) in [4.78, 5) is 0. The van der Waals surface area contributed by atoms with Gasteiger partial charge in [0, 0.05) is 32.5 Å².